The molecule has 0 bridgehead atoms. The molecule has 0 aliphatic carbocycles. The zero-order valence-corrected chi connectivity index (χ0v) is 16.3. The molecule has 8 nitrogen and oxygen atoms in total. The Labute approximate surface area is 161 Å². The van der Waals surface area contributed by atoms with Crippen molar-refractivity contribution in [1.82, 2.24) is 19.7 Å². The van der Waals surface area contributed by atoms with Crippen LogP contribution in [0.3, 0.4) is 0 Å². The Hall–Kier alpha value is -1.68. The van der Waals surface area contributed by atoms with Gasteiger partial charge >= 0.3 is 6.01 Å². The summed E-state index contributed by atoms with van der Waals surface area (Å²) in [4.78, 5) is 14.7. The number of rotatable bonds is 6. The van der Waals surface area contributed by atoms with Crippen molar-refractivity contribution in [2.24, 2.45) is 0 Å². The first-order valence-corrected chi connectivity index (χ1v) is 10.1. The number of anilines is 1. The Morgan fingerprint density at radius 2 is 1.88 bits per heavy atom. The molecule has 0 unspecified atom stereocenters. The topological polar surface area (TPSA) is 97.3 Å². The minimum Gasteiger partial charge on any atom is -0.467 e. The number of ether oxygens (including phenoxy) is 1. The summed E-state index contributed by atoms with van der Waals surface area (Å²) in [5.41, 5.74) is 0. The fourth-order valence-corrected chi connectivity index (χ4v) is 3.87. The third-order valence-corrected chi connectivity index (χ3v) is 5.98. The molecular formula is C15H17Cl2N5O3S. The standard InChI is InChI=1S/C15H17Cl2N5O3S/c1-25-15-20-13(19-14(21-15)22-6-2-3-7-22)9-18-26(23,24)10-4-5-11(16)12(17)8-10/h4-5,8,18H,2-3,6-7,9H2,1H3. The van der Waals surface area contributed by atoms with Crippen LogP contribution in [0.1, 0.15) is 18.7 Å². The number of benzene rings is 1. The minimum atomic E-state index is -3.80. The number of hydrogen-bond donors (Lipinski definition) is 1. The van der Waals surface area contributed by atoms with Crippen molar-refractivity contribution in [2.75, 3.05) is 25.1 Å². The highest BCUT2D eigenvalue weighted by Crippen LogP contribution is 2.25. The Morgan fingerprint density at radius 3 is 2.54 bits per heavy atom. The summed E-state index contributed by atoms with van der Waals surface area (Å²) in [5.74, 6) is 0.750. The molecule has 1 fully saturated rings. The summed E-state index contributed by atoms with van der Waals surface area (Å²) in [6.07, 6.45) is 2.13. The third kappa shape index (κ3) is 4.35. The van der Waals surface area contributed by atoms with Crippen molar-refractivity contribution in [1.29, 1.82) is 0 Å². The molecule has 1 N–H and O–H groups in total. The molecule has 1 aliphatic heterocycles. The summed E-state index contributed by atoms with van der Waals surface area (Å²) < 4.78 is 32.4. The van der Waals surface area contributed by atoms with Crippen LogP contribution in [0.15, 0.2) is 23.1 Å². The maximum atomic E-state index is 12.4. The molecule has 2 aromatic rings. The van der Waals surface area contributed by atoms with E-state index in [1.807, 2.05) is 4.90 Å². The van der Waals surface area contributed by atoms with Crippen LogP contribution >= 0.6 is 23.2 Å². The van der Waals surface area contributed by atoms with E-state index in [9.17, 15) is 8.42 Å². The zero-order valence-electron chi connectivity index (χ0n) is 13.9. The van der Waals surface area contributed by atoms with Gasteiger partial charge in [-0.05, 0) is 31.0 Å². The van der Waals surface area contributed by atoms with Gasteiger partial charge in [-0.15, -0.1) is 0 Å². The van der Waals surface area contributed by atoms with Crippen molar-refractivity contribution in [2.45, 2.75) is 24.3 Å². The minimum absolute atomic E-state index is 0.00712. The van der Waals surface area contributed by atoms with Crippen LogP contribution in [0.25, 0.3) is 0 Å². The average Bonchev–Trinajstić information content (AvgIpc) is 3.17. The SMILES string of the molecule is COc1nc(CNS(=O)(=O)c2ccc(Cl)c(Cl)c2)nc(N2CCCC2)n1. The summed E-state index contributed by atoms with van der Waals surface area (Å²) in [6, 6.07) is 4.23. The lowest BCUT2D eigenvalue weighted by atomic mass is 10.4. The monoisotopic (exact) mass is 417 g/mol. The van der Waals surface area contributed by atoms with Gasteiger partial charge in [0.2, 0.25) is 16.0 Å². The van der Waals surface area contributed by atoms with E-state index in [0.29, 0.717) is 5.95 Å². The molecule has 11 heteroatoms. The quantitative estimate of drug-likeness (QED) is 0.769. The predicted molar refractivity (Wildman–Crippen MR) is 98.3 cm³/mol. The molecule has 1 aromatic carbocycles. The molecule has 26 heavy (non-hydrogen) atoms. The van der Waals surface area contributed by atoms with E-state index in [0.717, 1.165) is 25.9 Å². The van der Waals surface area contributed by atoms with Gasteiger partial charge in [-0.25, -0.2) is 13.1 Å². The van der Waals surface area contributed by atoms with Gasteiger partial charge in [0.15, 0.2) is 5.82 Å². The highest BCUT2D eigenvalue weighted by atomic mass is 35.5. The number of halogens is 2. The van der Waals surface area contributed by atoms with Crippen LogP contribution < -0.4 is 14.4 Å². The molecule has 0 atom stereocenters. The molecule has 1 saturated heterocycles. The molecule has 0 saturated carbocycles. The number of aromatic nitrogens is 3. The van der Waals surface area contributed by atoms with E-state index in [4.69, 9.17) is 27.9 Å². The number of nitrogens with one attached hydrogen (secondary N) is 1. The fraction of sp³-hybridized carbons (Fsp3) is 0.400. The maximum absolute atomic E-state index is 12.4. The number of nitrogens with zero attached hydrogens (tertiary/aromatic N) is 4. The second-order valence-corrected chi connectivity index (χ2v) is 8.21. The Morgan fingerprint density at radius 1 is 1.15 bits per heavy atom. The van der Waals surface area contributed by atoms with Crippen molar-refractivity contribution in [3.05, 3.63) is 34.1 Å². The van der Waals surface area contributed by atoms with Gasteiger partial charge in [0.1, 0.15) is 0 Å². The second kappa shape index (κ2) is 7.91. The zero-order chi connectivity index (χ0) is 18.7. The first-order valence-electron chi connectivity index (χ1n) is 7.87. The predicted octanol–water partition coefficient (Wildman–Crippen LogP) is 2.27. The van der Waals surface area contributed by atoms with Crippen LogP contribution in [-0.4, -0.2) is 43.6 Å². The van der Waals surface area contributed by atoms with Gasteiger partial charge in [-0.3, -0.25) is 0 Å². The lowest BCUT2D eigenvalue weighted by Gasteiger charge is -2.16. The van der Waals surface area contributed by atoms with Gasteiger partial charge < -0.3 is 9.64 Å². The number of methoxy groups -OCH3 is 1. The van der Waals surface area contributed by atoms with Gasteiger partial charge in [0.25, 0.3) is 0 Å². The highest BCUT2D eigenvalue weighted by molar-refractivity contribution is 7.89. The van der Waals surface area contributed by atoms with Crippen LogP contribution in [0, 0.1) is 0 Å². The number of sulfonamides is 1. The fourth-order valence-electron chi connectivity index (χ4n) is 2.50. The van der Waals surface area contributed by atoms with Crippen LogP contribution in [-0.2, 0) is 16.6 Å². The molecule has 0 amide bonds. The maximum Gasteiger partial charge on any atom is 0.321 e. The van der Waals surface area contributed by atoms with E-state index < -0.39 is 10.0 Å². The first kappa shape index (κ1) is 19.1. The molecule has 1 aromatic heterocycles. The Kier molecular flexibility index (Phi) is 5.81. The average molecular weight is 418 g/mol. The van der Waals surface area contributed by atoms with Crippen LogP contribution in [0.5, 0.6) is 6.01 Å². The summed E-state index contributed by atoms with van der Waals surface area (Å²) in [7, 11) is -2.35. The molecule has 3 rings (SSSR count). The van der Waals surface area contributed by atoms with Gasteiger partial charge in [0.05, 0.1) is 28.6 Å². The molecular weight excluding hydrogens is 401 g/mol. The normalized spacial score (nSPS) is 14.7. The molecule has 140 valence electrons. The van der Waals surface area contributed by atoms with E-state index in [-0.39, 0.29) is 33.3 Å². The number of hydrogen-bond acceptors (Lipinski definition) is 7. The van der Waals surface area contributed by atoms with E-state index in [2.05, 4.69) is 19.7 Å². The lowest BCUT2D eigenvalue weighted by molar-refractivity contribution is 0.375. The first-order chi connectivity index (χ1) is 12.4. The molecule has 2 heterocycles. The van der Waals surface area contributed by atoms with E-state index in [1.165, 1.54) is 25.3 Å². The van der Waals surface area contributed by atoms with Crippen molar-refractivity contribution >= 4 is 39.2 Å². The Balaban J connectivity index is 1.79. The van der Waals surface area contributed by atoms with E-state index >= 15 is 0 Å². The highest BCUT2D eigenvalue weighted by Gasteiger charge is 2.20. The summed E-state index contributed by atoms with van der Waals surface area (Å²) >= 11 is 11.7. The molecule has 1 aliphatic rings. The van der Waals surface area contributed by atoms with Gasteiger partial charge in [0, 0.05) is 13.1 Å². The van der Waals surface area contributed by atoms with Crippen LogP contribution in [0.2, 0.25) is 10.0 Å². The van der Waals surface area contributed by atoms with Gasteiger partial charge in [-0.2, -0.15) is 15.0 Å². The second-order valence-electron chi connectivity index (χ2n) is 5.63. The van der Waals surface area contributed by atoms with Gasteiger partial charge in [-0.1, -0.05) is 23.2 Å². The van der Waals surface area contributed by atoms with Crippen molar-refractivity contribution < 1.29 is 13.2 Å². The van der Waals surface area contributed by atoms with Crippen LogP contribution in [0.4, 0.5) is 5.95 Å². The summed E-state index contributed by atoms with van der Waals surface area (Å²) in [6.45, 7) is 1.59. The van der Waals surface area contributed by atoms with Crippen molar-refractivity contribution in [3.63, 3.8) is 0 Å². The smallest absolute Gasteiger partial charge is 0.321 e. The molecule has 0 radical (unpaired) electrons. The van der Waals surface area contributed by atoms with Crippen molar-refractivity contribution in [3.8, 4) is 6.01 Å². The largest absolute Gasteiger partial charge is 0.467 e. The third-order valence-electron chi connectivity index (χ3n) is 3.84. The molecule has 0 spiro atoms. The lowest BCUT2D eigenvalue weighted by Crippen LogP contribution is -2.26. The summed E-state index contributed by atoms with van der Waals surface area (Å²) in [5, 5.41) is 0.441. The van der Waals surface area contributed by atoms with E-state index in [1.54, 1.807) is 0 Å². The Bertz CT molecular complexity index is 904.